The molecule has 1 aliphatic rings. The predicted octanol–water partition coefficient (Wildman–Crippen LogP) is 5.74. The molecule has 0 N–H and O–H groups in total. The SMILES string of the molecule is CC(C)c1ccc(CN2CCCN(C(c3ccc(F)cc3)c3ccc(F)cc3)CC2)c(=O)c(N(C)CCN(C)C)c1. The van der Waals surface area contributed by atoms with Gasteiger partial charge in [0.05, 0.1) is 11.7 Å². The van der Waals surface area contributed by atoms with E-state index in [9.17, 15) is 13.6 Å². The van der Waals surface area contributed by atoms with Crippen LogP contribution >= 0.6 is 0 Å². The van der Waals surface area contributed by atoms with Gasteiger partial charge in [-0.2, -0.15) is 0 Å². The number of anilines is 1. The Kier molecular flexibility index (Phi) is 10.6. The van der Waals surface area contributed by atoms with E-state index in [-0.39, 0.29) is 23.1 Å². The summed E-state index contributed by atoms with van der Waals surface area (Å²) in [5.41, 5.74) is 4.77. The molecular weight excluding hydrogens is 518 g/mol. The molecule has 4 rings (SSSR count). The highest BCUT2D eigenvalue weighted by Crippen LogP contribution is 2.30. The topological polar surface area (TPSA) is 30.0 Å². The molecule has 1 aliphatic heterocycles. The van der Waals surface area contributed by atoms with Gasteiger partial charge in [-0.05, 0) is 80.0 Å². The minimum Gasteiger partial charge on any atom is -0.370 e. The van der Waals surface area contributed by atoms with Crippen LogP contribution in [-0.2, 0) is 6.54 Å². The van der Waals surface area contributed by atoms with Crippen LogP contribution in [0.5, 0.6) is 0 Å². The Bertz CT molecular complexity index is 1280. The maximum atomic E-state index is 13.8. The van der Waals surface area contributed by atoms with E-state index in [1.54, 1.807) is 0 Å². The smallest absolute Gasteiger partial charge is 0.206 e. The molecule has 0 amide bonds. The maximum absolute atomic E-state index is 13.8. The average Bonchev–Trinajstić information content (AvgIpc) is 3.27. The molecule has 0 aliphatic carbocycles. The van der Waals surface area contributed by atoms with Crippen molar-refractivity contribution in [2.24, 2.45) is 0 Å². The van der Waals surface area contributed by atoms with E-state index in [4.69, 9.17) is 0 Å². The molecule has 3 aromatic carbocycles. The Hall–Kier alpha value is -3.13. The van der Waals surface area contributed by atoms with Crippen molar-refractivity contribution in [1.29, 1.82) is 0 Å². The van der Waals surface area contributed by atoms with Gasteiger partial charge in [0.15, 0.2) is 0 Å². The van der Waals surface area contributed by atoms with Crippen LogP contribution in [0.4, 0.5) is 14.5 Å². The zero-order valence-corrected chi connectivity index (χ0v) is 25.1. The highest BCUT2D eigenvalue weighted by Gasteiger charge is 2.26. The molecule has 0 radical (unpaired) electrons. The monoisotopic (exact) mass is 562 g/mol. The summed E-state index contributed by atoms with van der Waals surface area (Å²) in [6.45, 7) is 9.83. The normalized spacial score (nSPS) is 15.1. The van der Waals surface area contributed by atoms with Crippen molar-refractivity contribution in [3.05, 3.63) is 111 Å². The number of halogens is 2. The Morgan fingerprint density at radius 3 is 1.90 bits per heavy atom. The Labute approximate surface area is 244 Å². The van der Waals surface area contributed by atoms with Crippen molar-refractivity contribution in [1.82, 2.24) is 14.7 Å². The van der Waals surface area contributed by atoms with Crippen LogP contribution in [0, 0.1) is 11.6 Å². The van der Waals surface area contributed by atoms with Crippen LogP contribution in [0.1, 0.15) is 54.5 Å². The Morgan fingerprint density at radius 1 is 0.756 bits per heavy atom. The van der Waals surface area contributed by atoms with Crippen molar-refractivity contribution in [2.75, 3.05) is 65.3 Å². The number of benzene rings is 2. The van der Waals surface area contributed by atoms with Crippen molar-refractivity contribution in [2.45, 2.75) is 38.8 Å². The number of nitrogens with zero attached hydrogens (tertiary/aromatic N) is 4. The van der Waals surface area contributed by atoms with Gasteiger partial charge in [0.25, 0.3) is 0 Å². The fourth-order valence-electron chi connectivity index (χ4n) is 5.50. The zero-order valence-electron chi connectivity index (χ0n) is 25.1. The third-order valence-electron chi connectivity index (χ3n) is 8.02. The minimum absolute atomic E-state index is 0.0924. The molecule has 7 heteroatoms. The van der Waals surface area contributed by atoms with E-state index in [0.29, 0.717) is 12.5 Å². The van der Waals surface area contributed by atoms with Gasteiger partial charge in [-0.15, -0.1) is 0 Å². The third kappa shape index (κ3) is 8.22. The summed E-state index contributed by atoms with van der Waals surface area (Å²) in [5.74, 6) is -0.229. The molecule has 0 spiro atoms. The zero-order chi connectivity index (χ0) is 29.5. The second-order valence-corrected chi connectivity index (χ2v) is 11.8. The van der Waals surface area contributed by atoms with E-state index >= 15 is 0 Å². The van der Waals surface area contributed by atoms with Crippen LogP contribution in [-0.4, -0.2) is 75.1 Å². The summed E-state index contributed by atoms with van der Waals surface area (Å²) in [5, 5.41) is 0. The Morgan fingerprint density at radius 2 is 1.34 bits per heavy atom. The summed E-state index contributed by atoms with van der Waals surface area (Å²) in [6.07, 6.45) is 0.929. The molecule has 0 saturated carbocycles. The number of hydrogen-bond donors (Lipinski definition) is 0. The second-order valence-electron chi connectivity index (χ2n) is 11.8. The fraction of sp³-hybridized carbons (Fsp3) is 0.441. The van der Waals surface area contributed by atoms with Crippen LogP contribution in [0.15, 0.2) is 71.5 Å². The molecular formula is C34H44F2N4O. The summed E-state index contributed by atoms with van der Waals surface area (Å²) in [6, 6.07) is 19.3. The lowest BCUT2D eigenvalue weighted by Crippen LogP contribution is -2.35. The molecule has 1 saturated heterocycles. The molecule has 0 atom stereocenters. The number of likely N-dealkylation sites (N-methyl/N-ethyl adjacent to an activating group) is 2. The molecule has 220 valence electrons. The first-order valence-electron chi connectivity index (χ1n) is 14.6. The molecule has 0 aromatic heterocycles. The first-order chi connectivity index (χ1) is 19.6. The predicted molar refractivity (Wildman–Crippen MR) is 165 cm³/mol. The minimum atomic E-state index is -0.273. The van der Waals surface area contributed by atoms with Gasteiger partial charge in [-0.1, -0.05) is 50.2 Å². The van der Waals surface area contributed by atoms with Crippen LogP contribution in [0.2, 0.25) is 0 Å². The third-order valence-corrected chi connectivity index (χ3v) is 8.02. The van der Waals surface area contributed by atoms with Gasteiger partial charge in [0, 0.05) is 51.9 Å². The first-order valence-corrected chi connectivity index (χ1v) is 14.6. The molecule has 0 unspecified atom stereocenters. The lowest BCUT2D eigenvalue weighted by atomic mass is 9.96. The highest BCUT2D eigenvalue weighted by atomic mass is 19.1. The maximum Gasteiger partial charge on any atom is 0.206 e. The van der Waals surface area contributed by atoms with Gasteiger partial charge in [-0.25, -0.2) is 8.78 Å². The summed E-state index contributed by atoms with van der Waals surface area (Å²) in [4.78, 5) is 22.8. The van der Waals surface area contributed by atoms with Crippen LogP contribution in [0.3, 0.4) is 0 Å². The van der Waals surface area contributed by atoms with E-state index in [1.165, 1.54) is 24.3 Å². The molecule has 1 heterocycles. The lowest BCUT2D eigenvalue weighted by Gasteiger charge is -2.31. The summed E-state index contributed by atoms with van der Waals surface area (Å²) in [7, 11) is 6.09. The van der Waals surface area contributed by atoms with E-state index in [2.05, 4.69) is 45.6 Å². The van der Waals surface area contributed by atoms with Crippen molar-refractivity contribution in [3.8, 4) is 0 Å². The van der Waals surface area contributed by atoms with Crippen LogP contribution < -0.4 is 10.3 Å². The first kappa shape index (κ1) is 30.8. The van der Waals surface area contributed by atoms with Gasteiger partial charge >= 0.3 is 0 Å². The van der Waals surface area contributed by atoms with E-state index in [0.717, 1.165) is 73.6 Å². The van der Waals surface area contributed by atoms with Gasteiger partial charge in [-0.3, -0.25) is 14.6 Å². The van der Waals surface area contributed by atoms with Gasteiger partial charge in [0.2, 0.25) is 5.43 Å². The van der Waals surface area contributed by atoms with Crippen molar-refractivity contribution >= 4 is 5.69 Å². The Balaban J connectivity index is 1.57. The second kappa shape index (κ2) is 14.2. The van der Waals surface area contributed by atoms with Crippen molar-refractivity contribution in [3.63, 3.8) is 0 Å². The van der Waals surface area contributed by atoms with Gasteiger partial charge in [0.1, 0.15) is 11.6 Å². The van der Waals surface area contributed by atoms with Crippen LogP contribution in [0.25, 0.3) is 0 Å². The average molecular weight is 563 g/mol. The number of hydrogen-bond acceptors (Lipinski definition) is 5. The molecule has 1 fully saturated rings. The van der Waals surface area contributed by atoms with Gasteiger partial charge < -0.3 is 9.80 Å². The quantitative estimate of drug-likeness (QED) is 0.314. The molecule has 0 bridgehead atoms. The van der Waals surface area contributed by atoms with Crippen molar-refractivity contribution < 1.29 is 8.78 Å². The standard InChI is InChI=1S/C34H44F2N4O/c1-25(2)28-7-8-29(34(41)32(23-28)38(5)20-19-37(3)4)24-39-17-6-18-40(22-21-39)33(26-9-13-30(35)14-10-26)27-11-15-31(36)16-12-27/h7-16,23,25,33H,6,17-22,24H2,1-5H3. The largest absolute Gasteiger partial charge is 0.370 e. The highest BCUT2D eigenvalue weighted by molar-refractivity contribution is 5.50. The molecule has 3 aromatic rings. The number of rotatable bonds is 10. The van der Waals surface area contributed by atoms with E-state index in [1.807, 2.05) is 51.5 Å². The summed E-state index contributed by atoms with van der Waals surface area (Å²) >= 11 is 0. The lowest BCUT2D eigenvalue weighted by molar-refractivity contribution is 0.220. The molecule has 5 nitrogen and oxygen atoms in total. The molecule has 41 heavy (non-hydrogen) atoms. The summed E-state index contributed by atoms with van der Waals surface area (Å²) < 4.78 is 27.5. The fourth-order valence-corrected chi connectivity index (χ4v) is 5.50. The van der Waals surface area contributed by atoms with E-state index < -0.39 is 0 Å².